The number of carbonyl (C=O) groups is 4. The van der Waals surface area contributed by atoms with E-state index in [-0.39, 0.29) is 71.9 Å². The molecule has 0 amide bonds. The van der Waals surface area contributed by atoms with E-state index in [1.54, 1.807) is 43.9 Å². The van der Waals surface area contributed by atoms with Crippen LogP contribution >= 0.6 is 0 Å². The van der Waals surface area contributed by atoms with Crippen molar-refractivity contribution in [1.82, 2.24) is 19.6 Å². The molecule has 1 aliphatic rings. The molecule has 1 aliphatic heterocycles. The molecular formula is C30H48N4O11. The zero-order valence-corrected chi connectivity index (χ0v) is 26.2. The Bertz CT molecular complexity index is 1030. The minimum absolute atomic E-state index is 0.165. The van der Waals surface area contributed by atoms with Crippen molar-refractivity contribution in [2.45, 2.75) is 32.4 Å². The highest BCUT2D eigenvalue weighted by molar-refractivity contribution is 5.74. The zero-order chi connectivity index (χ0) is 33.2. The molecule has 15 nitrogen and oxygen atoms in total. The Morgan fingerprint density at radius 3 is 1.64 bits per heavy atom. The molecule has 0 saturated carbocycles. The summed E-state index contributed by atoms with van der Waals surface area (Å²) in [6.45, 7) is 7.12. The number of ether oxygens (including phenoxy) is 3. The topological polar surface area (TPSA) is 190 Å². The van der Waals surface area contributed by atoms with E-state index >= 15 is 0 Å². The van der Waals surface area contributed by atoms with E-state index in [4.69, 9.17) is 14.2 Å². The third-order valence-electron chi connectivity index (χ3n) is 7.59. The van der Waals surface area contributed by atoms with Crippen LogP contribution in [0.25, 0.3) is 0 Å². The van der Waals surface area contributed by atoms with Gasteiger partial charge in [-0.2, -0.15) is 0 Å². The van der Waals surface area contributed by atoms with Crippen molar-refractivity contribution in [2.24, 2.45) is 0 Å². The molecule has 2 unspecified atom stereocenters. The first kappa shape index (κ1) is 37.8. The minimum atomic E-state index is -1.05. The predicted octanol–water partition coefficient (Wildman–Crippen LogP) is -0.0219. The van der Waals surface area contributed by atoms with E-state index in [1.165, 1.54) is 6.92 Å². The Morgan fingerprint density at radius 2 is 1.18 bits per heavy atom. The van der Waals surface area contributed by atoms with E-state index in [0.717, 1.165) is 5.56 Å². The predicted molar refractivity (Wildman–Crippen MR) is 163 cm³/mol. The summed E-state index contributed by atoms with van der Waals surface area (Å²) in [5.74, 6) is -3.57. The number of benzene rings is 1. The number of carboxylic acids is 4. The summed E-state index contributed by atoms with van der Waals surface area (Å²) in [6, 6.07) is 5.30. The van der Waals surface area contributed by atoms with Crippen LogP contribution < -0.4 is 4.74 Å². The molecule has 0 spiro atoms. The van der Waals surface area contributed by atoms with Gasteiger partial charge in [-0.15, -0.1) is 0 Å². The molecule has 0 bridgehead atoms. The average molecular weight is 641 g/mol. The van der Waals surface area contributed by atoms with Gasteiger partial charge in [-0.3, -0.25) is 38.8 Å². The second-order valence-electron chi connectivity index (χ2n) is 10.8. The smallest absolute Gasteiger partial charge is 0.321 e. The van der Waals surface area contributed by atoms with Crippen LogP contribution in [0.2, 0.25) is 0 Å². The minimum Gasteiger partial charge on any atom is -0.491 e. The molecule has 4 N–H and O–H groups in total. The standard InChI is InChI=1S/C30H48N4O11/c1-3-43-16-17-44-18-19-45-25-6-4-24(5-7-25)20-26(30(41)42)34-14-10-31(21-27(35)36)8-12-33(23(2)29(39)40)13-9-32(11-15-34)22-28(37)38/h4-7,23,26H,3,8-22H2,1-2H3,(H,35,36)(H,37,38)(H,39,40)(H,41,42). The van der Waals surface area contributed by atoms with E-state index in [2.05, 4.69) is 0 Å². The van der Waals surface area contributed by atoms with Crippen molar-refractivity contribution < 1.29 is 53.8 Å². The van der Waals surface area contributed by atoms with Crippen molar-refractivity contribution in [1.29, 1.82) is 0 Å². The fraction of sp³-hybridized carbons (Fsp3) is 0.667. The van der Waals surface area contributed by atoms with Gasteiger partial charge in [0, 0.05) is 59.0 Å². The highest BCUT2D eigenvalue weighted by Crippen LogP contribution is 2.16. The second-order valence-corrected chi connectivity index (χ2v) is 10.8. The zero-order valence-electron chi connectivity index (χ0n) is 26.2. The van der Waals surface area contributed by atoms with Crippen LogP contribution in [-0.2, 0) is 35.1 Å². The lowest BCUT2D eigenvalue weighted by atomic mass is 10.0. The van der Waals surface area contributed by atoms with Crippen molar-refractivity contribution in [2.75, 3.05) is 98.5 Å². The molecule has 2 atom stereocenters. The number of nitrogens with zero attached hydrogens (tertiary/aromatic N) is 4. The van der Waals surface area contributed by atoms with Crippen molar-refractivity contribution >= 4 is 23.9 Å². The van der Waals surface area contributed by atoms with E-state index in [0.29, 0.717) is 38.8 Å². The third-order valence-corrected chi connectivity index (χ3v) is 7.59. The van der Waals surface area contributed by atoms with Crippen molar-refractivity contribution in [3.8, 4) is 5.75 Å². The van der Waals surface area contributed by atoms with Crippen LogP contribution in [0.1, 0.15) is 19.4 Å². The first-order chi connectivity index (χ1) is 21.5. The Balaban J connectivity index is 2.16. The number of hydrogen-bond acceptors (Lipinski definition) is 11. The lowest BCUT2D eigenvalue weighted by Crippen LogP contribution is -2.53. The maximum Gasteiger partial charge on any atom is 0.321 e. The molecule has 1 heterocycles. The van der Waals surface area contributed by atoms with E-state index < -0.39 is 36.0 Å². The SMILES string of the molecule is CCOCCOCCOc1ccc(CC(C(=O)O)N2CCN(CC(=O)O)CCN(C(C)C(=O)O)CCN(CC(=O)O)CC2)cc1. The second kappa shape index (κ2) is 20.6. The number of rotatable bonds is 18. The van der Waals surface area contributed by atoms with Crippen LogP contribution in [0.4, 0.5) is 0 Å². The van der Waals surface area contributed by atoms with Gasteiger partial charge >= 0.3 is 23.9 Å². The first-order valence-corrected chi connectivity index (χ1v) is 15.2. The maximum atomic E-state index is 12.5. The first-order valence-electron chi connectivity index (χ1n) is 15.2. The van der Waals surface area contributed by atoms with Crippen LogP contribution in [0.5, 0.6) is 5.75 Å². The summed E-state index contributed by atoms with van der Waals surface area (Å²) in [5.41, 5.74) is 0.761. The van der Waals surface area contributed by atoms with Gasteiger partial charge in [0.05, 0.1) is 32.9 Å². The molecular weight excluding hydrogens is 592 g/mol. The molecule has 0 aliphatic carbocycles. The fourth-order valence-electron chi connectivity index (χ4n) is 4.98. The lowest BCUT2D eigenvalue weighted by molar-refractivity contribution is -0.145. The summed E-state index contributed by atoms with van der Waals surface area (Å²) in [6.07, 6.45) is 0.165. The summed E-state index contributed by atoms with van der Waals surface area (Å²) in [4.78, 5) is 54.2. The maximum absolute atomic E-state index is 12.5. The molecule has 0 aromatic heterocycles. The van der Waals surface area contributed by atoms with E-state index in [1.807, 2.05) is 6.92 Å². The van der Waals surface area contributed by atoms with Gasteiger partial charge in [-0.05, 0) is 38.0 Å². The van der Waals surface area contributed by atoms with Crippen LogP contribution in [0, 0.1) is 0 Å². The Morgan fingerprint density at radius 1 is 0.689 bits per heavy atom. The van der Waals surface area contributed by atoms with E-state index in [9.17, 15) is 39.6 Å². The Kier molecular flexibility index (Phi) is 17.4. The Labute approximate surface area is 263 Å². The van der Waals surface area contributed by atoms with Gasteiger partial charge in [-0.1, -0.05) is 12.1 Å². The molecule has 1 aromatic carbocycles. The van der Waals surface area contributed by atoms with Gasteiger partial charge in [0.2, 0.25) is 0 Å². The third kappa shape index (κ3) is 15.0. The molecule has 15 heteroatoms. The number of aliphatic carboxylic acids is 4. The molecule has 1 fully saturated rings. The number of carboxylic acid groups (broad SMARTS) is 4. The lowest BCUT2D eigenvalue weighted by Gasteiger charge is -2.36. The van der Waals surface area contributed by atoms with Gasteiger partial charge in [0.25, 0.3) is 0 Å². The highest BCUT2D eigenvalue weighted by Gasteiger charge is 2.29. The quantitative estimate of drug-likeness (QED) is 0.157. The van der Waals surface area contributed by atoms with Crippen molar-refractivity contribution in [3.05, 3.63) is 29.8 Å². The molecule has 0 radical (unpaired) electrons. The van der Waals surface area contributed by atoms with Crippen LogP contribution in [-0.4, -0.2) is 174 Å². The molecule has 2 rings (SSSR count). The molecule has 45 heavy (non-hydrogen) atoms. The summed E-state index contributed by atoms with van der Waals surface area (Å²) >= 11 is 0. The van der Waals surface area contributed by atoms with Gasteiger partial charge < -0.3 is 34.6 Å². The average Bonchev–Trinajstić information content (AvgIpc) is 2.98. The Hall–Kier alpha value is -3.34. The number of hydrogen-bond donors (Lipinski definition) is 4. The fourth-order valence-corrected chi connectivity index (χ4v) is 4.98. The van der Waals surface area contributed by atoms with Gasteiger partial charge in [0.1, 0.15) is 24.4 Å². The van der Waals surface area contributed by atoms with Gasteiger partial charge in [0.15, 0.2) is 0 Å². The largest absolute Gasteiger partial charge is 0.491 e. The van der Waals surface area contributed by atoms with Crippen LogP contribution in [0.3, 0.4) is 0 Å². The summed E-state index contributed by atoms with van der Waals surface area (Å²) < 4.78 is 16.4. The van der Waals surface area contributed by atoms with Gasteiger partial charge in [-0.25, -0.2) is 0 Å². The highest BCUT2D eigenvalue weighted by atomic mass is 16.5. The molecule has 1 aromatic rings. The van der Waals surface area contributed by atoms with Crippen molar-refractivity contribution in [3.63, 3.8) is 0 Å². The summed E-state index contributed by atoms with van der Waals surface area (Å²) in [5, 5.41) is 38.8. The molecule has 1 saturated heterocycles. The normalized spacial score (nSPS) is 17.9. The van der Waals surface area contributed by atoms with Crippen LogP contribution in [0.15, 0.2) is 24.3 Å². The molecule has 254 valence electrons. The summed E-state index contributed by atoms with van der Waals surface area (Å²) in [7, 11) is 0. The monoisotopic (exact) mass is 640 g/mol.